The second kappa shape index (κ2) is 7.57. The van der Waals surface area contributed by atoms with Crippen molar-refractivity contribution in [3.05, 3.63) is 60.1 Å². The average Bonchev–Trinajstić information content (AvgIpc) is 2.58. The monoisotopic (exact) mass is 361 g/mol. The minimum absolute atomic E-state index is 0.0928. The molecule has 0 atom stereocenters. The largest absolute Gasteiger partial charge is 0.383 e. The number of Topliss-reactive ketones (excluding diaryl/α,β-unsaturated/α-hetero) is 1. The summed E-state index contributed by atoms with van der Waals surface area (Å²) in [5.41, 5.74) is 4.79. The third-order valence-electron chi connectivity index (χ3n) is 3.59. The molecular formula is C18H23N3O3S. The zero-order valence-corrected chi connectivity index (χ0v) is 15.7. The number of hydrogen-bond acceptors (Lipinski definition) is 6. The second-order valence-corrected chi connectivity index (χ2v) is 7.99. The molecule has 0 saturated heterocycles. The quantitative estimate of drug-likeness (QED) is 0.784. The van der Waals surface area contributed by atoms with Crippen LogP contribution in [0.15, 0.2) is 65.0 Å². The van der Waals surface area contributed by atoms with E-state index in [4.69, 9.17) is 0 Å². The number of carbonyl (C=O) groups excluding carboxylic acids is 1. The first-order valence-electron chi connectivity index (χ1n) is 7.88. The van der Waals surface area contributed by atoms with Crippen molar-refractivity contribution >= 4 is 21.3 Å². The van der Waals surface area contributed by atoms with Crippen LogP contribution in [0.5, 0.6) is 0 Å². The Morgan fingerprint density at radius 3 is 2.64 bits per heavy atom. The fourth-order valence-corrected chi connectivity index (χ4v) is 3.03. The predicted octanol–water partition coefficient (Wildman–Crippen LogP) is 2.24. The molecule has 1 aromatic rings. The molecule has 0 bridgehead atoms. The molecule has 0 aromatic heterocycles. The number of ketones is 1. The highest BCUT2D eigenvalue weighted by atomic mass is 32.2. The van der Waals surface area contributed by atoms with E-state index in [0.717, 1.165) is 0 Å². The lowest BCUT2D eigenvalue weighted by molar-refractivity contribution is -0.112. The molecule has 25 heavy (non-hydrogen) atoms. The van der Waals surface area contributed by atoms with Gasteiger partial charge in [-0.2, -0.15) is 0 Å². The van der Waals surface area contributed by atoms with Crippen LogP contribution < -0.4 is 10.4 Å². The van der Waals surface area contributed by atoms with Crippen molar-refractivity contribution < 1.29 is 13.2 Å². The molecule has 0 spiro atoms. The molecule has 0 unspecified atom stereocenters. The Balaban J connectivity index is 2.26. The van der Waals surface area contributed by atoms with Gasteiger partial charge in [0.1, 0.15) is 5.70 Å². The molecule has 1 aliphatic rings. The van der Waals surface area contributed by atoms with E-state index in [9.17, 15) is 13.2 Å². The number of hydrazine groups is 1. The van der Waals surface area contributed by atoms with E-state index in [1.54, 1.807) is 53.8 Å². The van der Waals surface area contributed by atoms with Crippen LogP contribution in [0.2, 0.25) is 0 Å². The topological polar surface area (TPSA) is 69.7 Å². The smallest absolute Gasteiger partial charge is 0.208 e. The van der Waals surface area contributed by atoms with Crippen LogP contribution in [0.4, 0.5) is 5.69 Å². The fourth-order valence-electron chi connectivity index (χ4n) is 2.37. The van der Waals surface area contributed by atoms with Gasteiger partial charge in [0.2, 0.25) is 5.78 Å². The van der Waals surface area contributed by atoms with Gasteiger partial charge in [-0.1, -0.05) is 13.0 Å². The lowest BCUT2D eigenvalue weighted by atomic mass is 10.1. The molecule has 7 heteroatoms. The van der Waals surface area contributed by atoms with Crippen molar-refractivity contribution in [2.45, 2.75) is 18.2 Å². The summed E-state index contributed by atoms with van der Waals surface area (Å²) < 4.78 is 23.5. The summed E-state index contributed by atoms with van der Waals surface area (Å²) in [6.07, 6.45) is 8.78. The number of benzene rings is 1. The Hall–Kier alpha value is -2.54. The highest BCUT2D eigenvalue weighted by Crippen LogP contribution is 2.21. The maximum atomic E-state index is 12.7. The fraction of sp³-hybridized carbons (Fsp3) is 0.278. The Bertz CT molecular complexity index is 852. The van der Waals surface area contributed by atoms with Gasteiger partial charge in [-0.3, -0.25) is 15.2 Å². The summed E-state index contributed by atoms with van der Waals surface area (Å²) in [6, 6.07) is 6.56. The minimum Gasteiger partial charge on any atom is -0.383 e. The number of nitrogens with one attached hydrogen (secondary N) is 1. The second-order valence-electron chi connectivity index (χ2n) is 5.97. The van der Waals surface area contributed by atoms with Crippen LogP contribution in [0.3, 0.4) is 0 Å². The number of rotatable bonds is 6. The van der Waals surface area contributed by atoms with Crippen molar-refractivity contribution in [1.29, 1.82) is 0 Å². The molecule has 0 fully saturated rings. The number of carbonyl (C=O) groups is 1. The van der Waals surface area contributed by atoms with Crippen molar-refractivity contribution in [2.24, 2.45) is 0 Å². The van der Waals surface area contributed by atoms with E-state index >= 15 is 0 Å². The number of sulfone groups is 1. The van der Waals surface area contributed by atoms with Gasteiger partial charge in [-0.05, 0) is 36.8 Å². The highest BCUT2D eigenvalue weighted by Gasteiger charge is 2.19. The zero-order chi connectivity index (χ0) is 18.6. The zero-order valence-electron chi connectivity index (χ0n) is 14.9. The van der Waals surface area contributed by atoms with E-state index in [1.807, 2.05) is 25.9 Å². The Morgan fingerprint density at radius 2 is 2.04 bits per heavy atom. The van der Waals surface area contributed by atoms with Crippen LogP contribution >= 0.6 is 0 Å². The highest BCUT2D eigenvalue weighted by molar-refractivity contribution is 7.90. The molecule has 1 aliphatic heterocycles. The average molecular weight is 361 g/mol. The predicted molar refractivity (Wildman–Crippen MR) is 99.5 cm³/mol. The first kappa shape index (κ1) is 18.8. The molecule has 1 aromatic carbocycles. The van der Waals surface area contributed by atoms with E-state index < -0.39 is 9.84 Å². The molecular weight excluding hydrogens is 338 g/mol. The first-order valence-corrected chi connectivity index (χ1v) is 9.78. The maximum absolute atomic E-state index is 12.7. The number of nitrogens with zero attached hydrogens (tertiary/aromatic N) is 2. The van der Waals surface area contributed by atoms with Gasteiger partial charge < -0.3 is 4.90 Å². The van der Waals surface area contributed by atoms with Crippen LogP contribution in [-0.2, 0) is 14.6 Å². The molecule has 0 aliphatic carbocycles. The molecule has 0 saturated carbocycles. The summed E-state index contributed by atoms with van der Waals surface area (Å²) in [4.78, 5) is 14.7. The normalized spacial score (nSPS) is 14.8. The third-order valence-corrected chi connectivity index (χ3v) is 4.70. The van der Waals surface area contributed by atoms with Gasteiger partial charge in [0.15, 0.2) is 9.84 Å². The molecule has 134 valence electrons. The van der Waals surface area contributed by atoms with Crippen LogP contribution in [0.25, 0.3) is 0 Å². The maximum Gasteiger partial charge on any atom is 0.208 e. The molecule has 1 N–H and O–H groups in total. The Kier molecular flexibility index (Phi) is 5.69. The van der Waals surface area contributed by atoms with Gasteiger partial charge >= 0.3 is 0 Å². The molecule has 0 amide bonds. The summed E-state index contributed by atoms with van der Waals surface area (Å²) in [5, 5.41) is 1.63. The van der Waals surface area contributed by atoms with Crippen molar-refractivity contribution in [1.82, 2.24) is 10.3 Å². The van der Waals surface area contributed by atoms with E-state index in [-0.39, 0.29) is 10.7 Å². The van der Waals surface area contributed by atoms with Crippen molar-refractivity contribution in [3.8, 4) is 0 Å². The van der Waals surface area contributed by atoms with Gasteiger partial charge in [0.25, 0.3) is 0 Å². The minimum atomic E-state index is -3.30. The summed E-state index contributed by atoms with van der Waals surface area (Å²) in [7, 11) is 0.440. The van der Waals surface area contributed by atoms with E-state index in [0.29, 0.717) is 23.4 Å². The summed E-state index contributed by atoms with van der Waals surface area (Å²) in [6.45, 7) is 1.93. The molecule has 0 radical (unpaired) electrons. The Morgan fingerprint density at radius 1 is 1.32 bits per heavy atom. The first-order chi connectivity index (χ1) is 11.7. The SMILES string of the molecule is CC/C(=C\N(C)C)C(=O)C1=CC=CN(c2cccc(S(C)(=O)=O)c2)N1. The van der Waals surface area contributed by atoms with Crippen LogP contribution in [0.1, 0.15) is 13.3 Å². The van der Waals surface area contributed by atoms with Gasteiger partial charge in [-0.25, -0.2) is 8.42 Å². The van der Waals surface area contributed by atoms with Crippen LogP contribution in [-0.4, -0.2) is 39.5 Å². The van der Waals surface area contributed by atoms with E-state index in [2.05, 4.69) is 5.43 Å². The lowest BCUT2D eigenvalue weighted by Gasteiger charge is -2.27. The number of anilines is 1. The summed E-state index contributed by atoms with van der Waals surface area (Å²) in [5.74, 6) is -0.0928. The standard InChI is InChI=1S/C18H23N3O3S/c1-5-14(13-20(2)3)18(22)17-10-7-11-21(19-17)15-8-6-9-16(12-15)25(4,23)24/h6-13,19H,5H2,1-4H3/b14-13+. The number of allylic oxidation sites excluding steroid dienone is 3. The molecule has 1 heterocycles. The van der Waals surface area contributed by atoms with Gasteiger partial charge in [-0.15, -0.1) is 0 Å². The molecule has 2 rings (SSSR count). The van der Waals surface area contributed by atoms with Gasteiger partial charge in [0.05, 0.1) is 10.6 Å². The van der Waals surface area contributed by atoms with Crippen molar-refractivity contribution in [2.75, 3.05) is 25.4 Å². The molecule has 6 nitrogen and oxygen atoms in total. The van der Waals surface area contributed by atoms with Gasteiger partial charge in [0, 0.05) is 38.3 Å². The number of hydrogen-bond donors (Lipinski definition) is 1. The van der Waals surface area contributed by atoms with Crippen molar-refractivity contribution in [3.63, 3.8) is 0 Å². The summed E-state index contributed by atoms with van der Waals surface area (Å²) >= 11 is 0. The van der Waals surface area contributed by atoms with Crippen LogP contribution in [0, 0.1) is 0 Å². The Labute approximate surface area is 149 Å². The third kappa shape index (κ3) is 4.73. The lowest BCUT2D eigenvalue weighted by Crippen LogP contribution is -2.37. The van der Waals surface area contributed by atoms with E-state index in [1.165, 1.54) is 6.26 Å².